The van der Waals surface area contributed by atoms with E-state index in [1.54, 1.807) is 125 Å². The molecule has 2 heterocycles. The van der Waals surface area contributed by atoms with Crippen molar-refractivity contribution in [3.63, 3.8) is 0 Å². The second-order valence-corrected chi connectivity index (χ2v) is 24.7. The second kappa shape index (κ2) is 24.4. The third kappa shape index (κ3) is 14.0. The lowest BCUT2D eigenvalue weighted by molar-refractivity contribution is -0.182. The molecular weight excluding hydrogens is 1030 g/mol. The minimum Gasteiger partial charge on any atom is -0.481 e. The number of hydrogen-bond acceptors (Lipinski definition) is 10. The Morgan fingerprint density at radius 3 is 1.14 bits per heavy atom. The Hall–Kier alpha value is -4.26. The van der Waals surface area contributed by atoms with Crippen LogP contribution in [0.5, 0.6) is 0 Å². The molecule has 0 radical (unpaired) electrons. The number of morpholine rings is 2. The number of hydrogen-bond donors (Lipinski definition) is 2. The number of carboxylic acids is 2. The summed E-state index contributed by atoms with van der Waals surface area (Å²) in [5, 5.41) is 19.6. The first-order valence-corrected chi connectivity index (χ1v) is 27.7. The average molecular weight is 1080 g/mol. The van der Waals surface area contributed by atoms with Gasteiger partial charge in [0.1, 0.15) is 24.4 Å². The third-order valence-corrected chi connectivity index (χ3v) is 17.9. The van der Waals surface area contributed by atoms with Gasteiger partial charge in [-0.05, 0) is 111 Å². The first-order valence-electron chi connectivity index (χ1n) is 22.7. The van der Waals surface area contributed by atoms with Gasteiger partial charge in [0.15, 0.2) is 19.7 Å². The van der Waals surface area contributed by atoms with Crippen LogP contribution in [-0.4, -0.2) is 107 Å². The number of nitrogens with zero attached hydrogens (tertiary/aromatic N) is 2. The molecule has 2 aliphatic rings. The Morgan fingerprint density at radius 1 is 0.543 bits per heavy atom. The molecule has 8 atom stereocenters. The molecule has 14 nitrogen and oxygen atoms in total. The van der Waals surface area contributed by atoms with Crippen molar-refractivity contribution in [3.8, 4) is 0 Å². The summed E-state index contributed by atoms with van der Waals surface area (Å²) in [5.41, 5.74) is 2.66. The van der Waals surface area contributed by atoms with E-state index in [0.29, 0.717) is 55.2 Å². The van der Waals surface area contributed by atoms with Crippen LogP contribution < -0.4 is 0 Å². The number of sulfone groups is 2. The number of amides is 2. The van der Waals surface area contributed by atoms with Crippen LogP contribution in [0.25, 0.3) is 0 Å². The first kappa shape index (κ1) is 56.7. The van der Waals surface area contributed by atoms with Gasteiger partial charge in [0.25, 0.3) is 11.8 Å². The largest absolute Gasteiger partial charge is 0.481 e. The average Bonchev–Trinajstić information content (AvgIpc) is 3.29. The van der Waals surface area contributed by atoms with Gasteiger partial charge in [-0.3, -0.25) is 19.2 Å². The Bertz CT molecular complexity index is 2520. The van der Waals surface area contributed by atoms with Gasteiger partial charge in [-0.15, -0.1) is 0 Å². The summed E-state index contributed by atoms with van der Waals surface area (Å²) in [5.74, 6) is -4.01. The highest BCUT2D eigenvalue weighted by Crippen LogP contribution is 2.47. The van der Waals surface area contributed by atoms with Gasteiger partial charge in [0.05, 0.1) is 46.9 Å². The van der Waals surface area contributed by atoms with Crippen molar-refractivity contribution in [3.05, 3.63) is 139 Å². The lowest BCUT2D eigenvalue weighted by atomic mass is 9.89. The highest BCUT2D eigenvalue weighted by atomic mass is 35.5. The molecule has 0 saturated carbocycles. The van der Waals surface area contributed by atoms with Crippen molar-refractivity contribution in [1.29, 1.82) is 0 Å². The molecule has 70 heavy (non-hydrogen) atoms. The molecule has 0 bridgehead atoms. The lowest BCUT2D eigenvalue weighted by Gasteiger charge is -2.48. The van der Waals surface area contributed by atoms with Crippen LogP contribution in [-0.2, 0) is 48.3 Å². The molecule has 4 aromatic carbocycles. The number of halogens is 4. The van der Waals surface area contributed by atoms with E-state index in [1.165, 1.54) is 9.80 Å². The van der Waals surface area contributed by atoms with Crippen LogP contribution in [0.3, 0.4) is 0 Å². The standard InChI is InChI=1S/2C25H29Cl2NO6S/c2*1-4-20(14-35(32,33)15(2)3)28-23(16-8-10-18(26)11-9-16)24(17-6-5-7-19(27)12-17)34-21(25(28)31)13-22(29)30/h2*5-12,15,20-21,23-24H,4,13-14H2,1-3H3,(H,29,30)/t20-,21+,23+,24+;20-,21-,23+,24+/m00/s1. The van der Waals surface area contributed by atoms with Gasteiger partial charge in [-0.1, -0.05) is 109 Å². The highest BCUT2D eigenvalue weighted by Gasteiger charge is 2.49. The van der Waals surface area contributed by atoms with Crippen LogP contribution in [0.15, 0.2) is 97.1 Å². The van der Waals surface area contributed by atoms with Crippen LogP contribution in [0.2, 0.25) is 20.1 Å². The van der Waals surface area contributed by atoms with Gasteiger partial charge < -0.3 is 29.5 Å². The molecule has 2 N–H and O–H groups in total. The molecule has 2 amide bonds. The van der Waals surface area contributed by atoms with E-state index in [2.05, 4.69) is 0 Å². The molecule has 6 rings (SSSR count). The van der Waals surface area contributed by atoms with Gasteiger partial charge in [-0.25, -0.2) is 16.8 Å². The van der Waals surface area contributed by atoms with E-state index in [4.69, 9.17) is 55.9 Å². The maximum absolute atomic E-state index is 13.7. The quantitative estimate of drug-likeness (QED) is 0.0956. The number of aliphatic carboxylic acids is 2. The summed E-state index contributed by atoms with van der Waals surface area (Å²) >= 11 is 24.7. The molecule has 0 spiro atoms. The number of carboxylic acid groups (broad SMARTS) is 2. The summed E-state index contributed by atoms with van der Waals surface area (Å²) in [6.45, 7) is 10.0. The molecule has 0 unspecified atom stereocenters. The lowest BCUT2D eigenvalue weighted by Crippen LogP contribution is -2.56. The monoisotopic (exact) mass is 1080 g/mol. The predicted molar refractivity (Wildman–Crippen MR) is 271 cm³/mol. The Balaban J connectivity index is 0.000000261. The van der Waals surface area contributed by atoms with E-state index in [9.17, 15) is 46.2 Å². The van der Waals surface area contributed by atoms with Crippen molar-refractivity contribution in [2.75, 3.05) is 11.5 Å². The molecular formula is C50H58Cl4N2O12S2. The zero-order chi connectivity index (χ0) is 51.8. The van der Waals surface area contributed by atoms with Crippen LogP contribution >= 0.6 is 46.4 Å². The number of benzene rings is 4. The molecule has 380 valence electrons. The van der Waals surface area contributed by atoms with Crippen LogP contribution in [0.1, 0.15) is 114 Å². The Morgan fingerprint density at radius 2 is 0.871 bits per heavy atom. The van der Waals surface area contributed by atoms with Gasteiger partial charge in [-0.2, -0.15) is 0 Å². The molecule has 0 aromatic heterocycles. The SMILES string of the molecule is CC[C@@H](CS(=O)(=O)C(C)C)N1C(=O)[C@@H](CC(=O)O)O[C@H](c2cccc(Cl)c2)[C@H]1c1ccc(Cl)cc1.CC[C@@H](CS(=O)(=O)C(C)C)N1C(=O)[C@H](CC(=O)O)O[C@H](c2cccc(Cl)c2)[C@H]1c1ccc(Cl)cc1. The maximum atomic E-state index is 13.7. The van der Waals surface area contributed by atoms with Gasteiger partial charge in [0.2, 0.25) is 0 Å². The highest BCUT2D eigenvalue weighted by molar-refractivity contribution is 7.92. The van der Waals surface area contributed by atoms with Crippen LogP contribution in [0, 0.1) is 0 Å². The Labute approximate surface area is 430 Å². The van der Waals surface area contributed by atoms with E-state index in [-0.39, 0.29) is 11.5 Å². The summed E-state index contributed by atoms with van der Waals surface area (Å²) in [4.78, 5) is 53.6. The fraction of sp³-hybridized carbons (Fsp3) is 0.440. The van der Waals surface area contributed by atoms with E-state index in [1.807, 2.05) is 13.8 Å². The Kier molecular flexibility index (Phi) is 19.8. The minimum absolute atomic E-state index is 0.251. The minimum atomic E-state index is -3.52. The van der Waals surface area contributed by atoms with Crippen molar-refractivity contribution < 1.29 is 55.7 Å². The summed E-state index contributed by atoms with van der Waals surface area (Å²) in [7, 11) is -7.03. The molecule has 2 aliphatic heterocycles. The van der Waals surface area contributed by atoms with Crippen molar-refractivity contribution in [2.45, 2.75) is 126 Å². The molecule has 20 heteroatoms. The van der Waals surface area contributed by atoms with Gasteiger partial charge in [0, 0.05) is 32.2 Å². The normalized spacial score (nSPS) is 21.8. The van der Waals surface area contributed by atoms with E-state index in [0.717, 1.165) is 0 Å². The van der Waals surface area contributed by atoms with E-state index < -0.39 is 115 Å². The van der Waals surface area contributed by atoms with E-state index >= 15 is 0 Å². The zero-order valence-corrected chi connectivity index (χ0v) is 44.1. The summed E-state index contributed by atoms with van der Waals surface area (Å²) in [6, 6.07) is 24.8. The predicted octanol–water partition coefficient (Wildman–Crippen LogP) is 10.2. The second-order valence-electron chi connectivity index (χ2n) is 17.8. The smallest absolute Gasteiger partial charge is 0.306 e. The van der Waals surface area contributed by atoms with Crippen molar-refractivity contribution in [2.24, 2.45) is 0 Å². The molecule has 2 fully saturated rings. The first-order chi connectivity index (χ1) is 32.9. The number of carbonyl (C=O) groups excluding carboxylic acids is 2. The number of carbonyl (C=O) groups is 4. The molecule has 4 aromatic rings. The van der Waals surface area contributed by atoms with Crippen molar-refractivity contribution >= 4 is 89.8 Å². The zero-order valence-electron chi connectivity index (χ0n) is 39.5. The third-order valence-electron chi connectivity index (χ3n) is 12.4. The summed E-state index contributed by atoms with van der Waals surface area (Å²) in [6.07, 6.45) is -4.53. The van der Waals surface area contributed by atoms with Crippen molar-refractivity contribution in [1.82, 2.24) is 9.80 Å². The van der Waals surface area contributed by atoms with Crippen LogP contribution in [0.4, 0.5) is 0 Å². The number of rotatable bonds is 18. The number of ether oxygens (including phenoxy) is 2. The summed E-state index contributed by atoms with van der Waals surface area (Å²) < 4.78 is 63.9. The molecule has 2 saturated heterocycles. The maximum Gasteiger partial charge on any atom is 0.306 e. The topological polar surface area (TPSA) is 202 Å². The van der Waals surface area contributed by atoms with Gasteiger partial charge >= 0.3 is 11.9 Å². The molecule has 0 aliphatic carbocycles. The fourth-order valence-electron chi connectivity index (χ4n) is 8.51. The fourth-order valence-corrected chi connectivity index (χ4v) is 11.8.